The Bertz CT molecular complexity index is 1270. The maximum atomic E-state index is 13.4. The molecular formula is C29H28N2O6. The zero-order chi connectivity index (χ0) is 25.9. The van der Waals surface area contributed by atoms with Crippen molar-refractivity contribution in [3.63, 3.8) is 0 Å². The number of nitrogens with zero attached hydrogens (tertiary/aromatic N) is 1. The molecular weight excluding hydrogens is 472 g/mol. The average molecular weight is 501 g/mol. The fourth-order valence-corrected chi connectivity index (χ4v) is 5.32. The summed E-state index contributed by atoms with van der Waals surface area (Å²) < 4.78 is 5.63. The molecule has 2 amide bonds. The highest BCUT2D eigenvalue weighted by Gasteiger charge is 2.41. The molecule has 1 aliphatic heterocycles. The van der Waals surface area contributed by atoms with Gasteiger partial charge >= 0.3 is 12.1 Å². The summed E-state index contributed by atoms with van der Waals surface area (Å²) in [4.78, 5) is 39.2. The lowest BCUT2D eigenvalue weighted by Crippen LogP contribution is -2.52. The van der Waals surface area contributed by atoms with E-state index in [2.05, 4.69) is 5.32 Å². The number of rotatable bonds is 7. The lowest BCUT2D eigenvalue weighted by Gasteiger charge is -2.27. The van der Waals surface area contributed by atoms with Crippen molar-refractivity contribution in [2.75, 3.05) is 13.2 Å². The molecule has 8 nitrogen and oxygen atoms in total. The number of benzene rings is 3. The van der Waals surface area contributed by atoms with E-state index in [0.29, 0.717) is 0 Å². The van der Waals surface area contributed by atoms with Gasteiger partial charge in [-0.2, -0.15) is 0 Å². The van der Waals surface area contributed by atoms with Crippen LogP contribution in [-0.2, 0) is 20.7 Å². The Morgan fingerprint density at radius 3 is 2.14 bits per heavy atom. The summed E-state index contributed by atoms with van der Waals surface area (Å²) >= 11 is 0. The summed E-state index contributed by atoms with van der Waals surface area (Å²) in [6.07, 6.45) is -1.59. The zero-order valence-corrected chi connectivity index (χ0v) is 20.1. The summed E-state index contributed by atoms with van der Waals surface area (Å²) in [5, 5.41) is 22.2. The van der Waals surface area contributed by atoms with Gasteiger partial charge in [-0.05, 0) is 27.8 Å². The van der Waals surface area contributed by atoms with Crippen molar-refractivity contribution < 1.29 is 29.3 Å². The van der Waals surface area contributed by atoms with Crippen molar-refractivity contribution in [3.05, 3.63) is 95.6 Å². The number of ether oxygens (including phenoxy) is 1. The third-order valence-corrected chi connectivity index (χ3v) is 7.06. The van der Waals surface area contributed by atoms with E-state index in [0.717, 1.165) is 32.7 Å². The maximum absolute atomic E-state index is 13.4. The molecule has 3 aromatic carbocycles. The summed E-state index contributed by atoms with van der Waals surface area (Å²) in [6, 6.07) is 22.9. The van der Waals surface area contributed by atoms with E-state index >= 15 is 0 Å². The minimum Gasteiger partial charge on any atom is -0.480 e. The maximum Gasteiger partial charge on any atom is 0.407 e. The van der Waals surface area contributed by atoms with Gasteiger partial charge in [0.15, 0.2) is 0 Å². The highest BCUT2D eigenvalue weighted by molar-refractivity contribution is 5.90. The molecule has 3 N–H and O–H groups in total. The number of aliphatic hydroxyl groups excluding tert-OH is 1. The number of hydrogen-bond donors (Lipinski definition) is 3. The van der Waals surface area contributed by atoms with Gasteiger partial charge in [0.05, 0.1) is 6.10 Å². The molecule has 0 aromatic heterocycles. The Balaban J connectivity index is 1.32. The molecule has 2 aliphatic rings. The zero-order valence-electron chi connectivity index (χ0n) is 20.1. The minimum atomic E-state index is -1.19. The predicted octanol–water partition coefficient (Wildman–Crippen LogP) is 3.18. The number of hydrogen-bond acceptors (Lipinski definition) is 5. The van der Waals surface area contributed by atoms with Crippen LogP contribution in [0, 0.1) is 0 Å². The van der Waals surface area contributed by atoms with Crippen molar-refractivity contribution in [2.45, 2.75) is 36.9 Å². The molecule has 8 heteroatoms. The SMILES string of the molecule is O=C(N[C@@H](Cc1ccccc1)C(=O)N1C[C@H](O)C[C@H]1C(=O)O)OCC1c2ccccc2-c2ccccc21. The Morgan fingerprint density at radius 1 is 0.919 bits per heavy atom. The number of carbonyl (C=O) groups excluding carboxylic acids is 2. The van der Waals surface area contributed by atoms with Crippen molar-refractivity contribution in [1.29, 1.82) is 0 Å². The number of amides is 2. The number of aliphatic hydroxyl groups is 1. The number of carboxylic acids is 1. The number of nitrogens with one attached hydrogen (secondary N) is 1. The van der Waals surface area contributed by atoms with Crippen LogP contribution in [0.5, 0.6) is 0 Å². The lowest BCUT2D eigenvalue weighted by atomic mass is 9.98. The van der Waals surface area contributed by atoms with Crippen LogP contribution >= 0.6 is 0 Å². The van der Waals surface area contributed by atoms with E-state index in [4.69, 9.17) is 4.74 Å². The molecule has 5 rings (SSSR count). The summed E-state index contributed by atoms with van der Waals surface area (Å²) in [5.41, 5.74) is 5.16. The summed E-state index contributed by atoms with van der Waals surface area (Å²) in [5.74, 6) is -1.89. The Labute approximate surface area is 214 Å². The third kappa shape index (κ3) is 5.06. The topological polar surface area (TPSA) is 116 Å². The molecule has 1 fully saturated rings. The molecule has 37 heavy (non-hydrogen) atoms. The molecule has 0 saturated carbocycles. The van der Waals surface area contributed by atoms with Crippen LogP contribution in [0.3, 0.4) is 0 Å². The quantitative estimate of drug-likeness (QED) is 0.459. The van der Waals surface area contributed by atoms with E-state index in [1.807, 2.05) is 78.9 Å². The van der Waals surface area contributed by atoms with Crippen LogP contribution in [0.4, 0.5) is 4.79 Å². The van der Waals surface area contributed by atoms with Crippen molar-refractivity contribution >= 4 is 18.0 Å². The first-order valence-electron chi connectivity index (χ1n) is 12.3. The molecule has 3 aromatic rings. The van der Waals surface area contributed by atoms with Gasteiger partial charge in [0.25, 0.3) is 0 Å². The normalized spacial score (nSPS) is 19.1. The van der Waals surface area contributed by atoms with E-state index in [9.17, 15) is 24.6 Å². The highest BCUT2D eigenvalue weighted by atomic mass is 16.5. The van der Waals surface area contributed by atoms with E-state index < -0.39 is 36.2 Å². The van der Waals surface area contributed by atoms with E-state index in [1.165, 1.54) is 0 Å². The van der Waals surface area contributed by atoms with Crippen LogP contribution in [0.15, 0.2) is 78.9 Å². The number of alkyl carbamates (subject to hydrolysis) is 1. The van der Waals surface area contributed by atoms with Crippen molar-refractivity contribution in [2.24, 2.45) is 0 Å². The van der Waals surface area contributed by atoms with Crippen molar-refractivity contribution in [1.82, 2.24) is 10.2 Å². The Morgan fingerprint density at radius 2 is 1.51 bits per heavy atom. The van der Waals surface area contributed by atoms with Gasteiger partial charge in [0.1, 0.15) is 18.7 Å². The fourth-order valence-electron chi connectivity index (χ4n) is 5.32. The van der Waals surface area contributed by atoms with Gasteiger partial charge in [0, 0.05) is 25.3 Å². The number of fused-ring (bicyclic) bond motifs is 3. The van der Waals surface area contributed by atoms with E-state index in [1.54, 1.807) is 0 Å². The van der Waals surface area contributed by atoms with Crippen LogP contribution in [0.2, 0.25) is 0 Å². The monoisotopic (exact) mass is 500 g/mol. The standard InChI is InChI=1S/C29H28N2O6/c32-19-15-26(28(34)35)31(16-19)27(33)25(14-18-8-2-1-3-9-18)30-29(36)37-17-24-22-12-6-4-10-20(22)21-11-5-7-13-23(21)24/h1-13,19,24-26,32H,14-17H2,(H,30,36)(H,34,35)/t19-,25+,26+/m1/s1. The van der Waals surface area contributed by atoms with Gasteiger partial charge in [-0.1, -0.05) is 78.9 Å². The first-order chi connectivity index (χ1) is 17.9. The molecule has 190 valence electrons. The largest absolute Gasteiger partial charge is 0.480 e. The van der Waals surface area contributed by atoms with Gasteiger partial charge in [-0.3, -0.25) is 4.79 Å². The Hall–Kier alpha value is -4.17. The van der Waals surface area contributed by atoms with Crippen LogP contribution in [-0.4, -0.2) is 64.4 Å². The van der Waals surface area contributed by atoms with Crippen LogP contribution in [0.25, 0.3) is 11.1 Å². The smallest absolute Gasteiger partial charge is 0.407 e. The van der Waals surface area contributed by atoms with Gasteiger partial charge in [-0.15, -0.1) is 0 Å². The second-order valence-electron chi connectivity index (χ2n) is 9.45. The second-order valence-corrected chi connectivity index (χ2v) is 9.45. The molecule has 3 atom stereocenters. The number of carbonyl (C=O) groups is 3. The molecule has 0 spiro atoms. The highest BCUT2D eigenvalue weighted by Crippen LogP contribution is 2.44. The van der Waals surface area contributed by atoms with E-state index in [-0.39, 0.29) is 31.9 Å². The van der Waals surface area contributed by atoms with Crippen LogP contribution in [0.1, 0.15) is 29.0 Å². The number of likely N-dealkylation sites (tertiary alicyclic amines) is 1. The van der Waals surface area contributed by atoms with Crippen LogP contribution < -0.4 is 5.32 Å². The molecule has 0 bridgehead atoms. The van der Waals surface area contributed by atoms with Gasteiger partial charge in [0.2, 0.25) is 5.91 Å². The minimum absolute atomic E-state index is 0.0515. The van der Waals surface area contributed by atoms with Gasteiger partial charge < -0.3 is 25.2 Å². The number of aliphatic carboxylic acids is 1. The molecule has 1 saturated heterocycles. The first-order valence-corrected chi connectivity index (χ1v) is 12.3. The fraction of sp³-hybridized carbons (Fsp3) is 0.276. The Kier molecular flexibility index (Phi) is 6.92. The van der Waals surface area contributed by atoms with Crippen molar-refractivity contribution in [3.8, 4) is 11.1 Å². The average Bonchev–Trinajstić information content (AvgIpc) is 3.45. The van der Waals surface area contributed by atoms with Gasteiger partial charge in [-0.25, -0.2) is 9.59 Å². The third-order valence-electron chi connectivity index (χ3n) is 7.06. The molecule has 0 radical (unpaired) electrons. The molecule has 1 heterocycles. The first kappa shape index (κ1) is 24.5. The number of β-amino-alcohol motifs (C(OH)–C–C–N with tert-alkyl or cyclic N) is 1. The summed E-state index contributed by atoms with van der Waals surface area (Å²) in [6.45, 7) is -0.0141. The molecule has 0 unspecified atom stereocenters. The summed E-state index contributed by atoms with van der Waals surface area (Å²) in [7, 11) is 0. The second kappa shape index (κ2) is 10.4. The number of carboxylic acid groups (broad SMARTS) is 1. The molecule has 1 aliphatic carbocycles. The lowest BCUT2D eigenvalue weighted by molar-refractivity contribution is -0.148. The predicted molar refractivity (Wildman–Crippen MR) is 136 cm³/mol.